The molecule has 140 valence electrons. The summed E-state index contributed by atoms with van der Waals surface area (Å²) in [5.41, 5.74) is 0.353. The second-order valence-corrected chi connectivity index (χ2v) is 5.96. The zero-order valence-electron chi connectivity index (χ0n) is 13.9. The minimum Gasteiger partial charge on any atom is -0.379 e. The third kappa shape index (κ3) is 4.41. The molecule has 6 nitrogen and oxygen atoms in total. The van der Waals surface area contributed by atoms with Crippen molar-refractivity contribution in [1.82, 2.24) is 20.4 Å². The zero-order valence-corrected chi connectivity index (χ0v) is 13.9. The molecule has 1 aromatic heterocycles. The number of nitrogens with zero attached hydrogens (tertiary/aromatic N) is 2. The highest BCUT2D eigenvalue weighted by Crippen LogP contribution is 2.31. The van der Waals surface area contributed by atoms with Crippen LogP contribution in [0.3, 0.4) is 0 Å². The number of halogens is 3. The Morgan fingerprint density at radius 2 is 1.92 bits per heavy atom. The first kappa shape index (κ1) is 18.4. The fourth-order valence-corrected chi connectivity index (χ4v) is 2.91. The van der Waals surface area contributed by atoms with E-state index in [4.69, 9.17) is 4.74 Å². The van der Waals surface area contributed by atoms with Crippen LogP contribution >= 0.6 is 0 Å². The topological polar surface area (TPSA) is 70.2 Å². The van der Waals surface area contributed by atoms with Gasteiger partial charge in [0.1, 0.15) is 5.69 Å². The maximum Gasteiger partial charge on any atom is 0.416 e. The summed E-state index contributed by atoms with van der Waals surface area (Å²) in [4.78, 5) is 14.2. The van der Waals surface area contributed by atoms with E-state index in [1.807, 2.05) is 0 Å². The molecule has 2 aromatic rings. The number of rotatable bonds is 5. The van der Waals surface area contributed by atoms with Crippen LogP contribution in [0.2, 0.25) is 0 Å². The summed E-state index contributed by atoms with van der Waals surface area (Å²) >= 11 is 0. The number of benzene rings is 1. The Morgan fingerprint density at radius 1 is 1.23 bits per heavy atom. The molecule has 1 aliphatic rings. The number of amides is 1. The largest absolute Gasteiger partial charge is 0.416 e. The van der Waals surface area contributed by atoms with Gasteiger partial charge in [-0.2, -0.15) is 18.3 Å². The monoisotopic (exact) mass is 368 g/mol. The highest BCUT2D eigenvalue weighted by Gasteiger charge is 2.31. The van der Waals surface area contributed by atoms with Crippen LogP contribution in [0.4, 0.5) is 13.2 Å². The Labute approximate surface area is 148 Å². The fourth-order valence-electron chi connectivity index (χ4n) is 2.91. The van der Waals surface area contributed by atoms with Gasteiger partial charge in [0.2, 0.25) is 0 Å². The highest BCUT2D eigenvalue weighted by atomic mass is 19.4. The number of ether oxygens (including phenoxy) is 1. The Bertz CT molecular complexity index is 711. The molecular formula is C17H19F3N4O2. The maximum absolute atomic E-state index is 12.8. The predicted octanol–water partition coefficient (Wildman–Crippen LogP) is 2.23. The molecule has 0 saturated carbocycles. The number of morpholine rings is 1. The van der Waals surface area contributed by atoms with E-state index in [-0.39, 0.29) is 18.5 Å². The molecule has 0 spiro atoms. The van der Waals surface area contributed by atoms with Gasteiger partial charge in [0.15, 0.2) is 0 Å². The van der Waals surface area contributed by atoms with Crippen LogP contribution in [0, 0.1) is 0 Å². The SMILES string of the molecule is O=C(NC[C@@H](c1ccc(C(F)(F)F)cc1)N1CCOCC1)c1ccn[nH]1. The molecular weight excluding hydrogens is 349 g/mol. The van der Waals surface area contributed by atoms with Crippen molar-refractivity contribution >= 4 is 5.91 Å². The van der Waals surface area contributed by atoms with Gasteiger partial charge in [-0.25, -0.2) is 0 Å². The van der Waals surface area contributed by atoms with Gasteiger partial charge in [-0.3, -0.25) is 14.8 Å². The fraction of sp³-hybridized carbons (Fsp3) is 0.412. The van der Waals surface area contributed by atoms with E-state index >= 15 is 0 Å². The van der Waals surface area contributed by atoms with Crippen LogP contribution in [0.15, 0.2) is 36.5 Å². The van der Waals surface area contributed by atoms with Gasteiger partial charge < -0.3 is 10.1 Å². The molecule has 0 unspecified atom stereocenters. The van der Waals surface area contributed by atoms with E-state index in [1.165, 1.54) is 18.3 Å². The molecule has 1 aromatic carbocycles. The maximum atomic E-state index is 12.8. The van der Waals surface area contributed by atoms with E-state index in [1.54, 1.807) is 6.07 Å². The van der Waals surface area contributed by atoms with Crippen LogP contribution < -0.4 is 5.32 Å². The van der Waals surface area contributed by atoms with Crippen LogP contribution in [0.25, 0.3) is 0 Å². The quantitative estimate of drug-likeness (QED) is 0.849. The molecule has 9 heteroatoms. The number of hydrogen-bond acceptors (Lipinski definition) is 4. The first-order valence-electron chi connectivity index (χ1n) is 8.21. The molecule has 1 fully saturated rings. The minimum atomic E-state index is -4.37. The molecule has 2 heterocycles. The van der Waals surface area contributed by atoms with Gasteiger partial charge in [0, 0.05) is 25.8 Å². The molecule has 1 aliphatic heterocycles. The third-order valence-corrected chi connectivity index (χ3v) is 4.31. The average molecular weight is 368 g/mol. The standard InChI is InChI=1S/C17H19F3N4O2/c18-17(19,20)13-3-1-12(2-4-13)15(24-7-9-26-10-8-24)11-21-16(25)14-5-6-22-23-14/h1-6,15H,7-11H2,(H,21,25)(H,22,23)/t15-/m0/s1. The molecule has 1 saturated heterocycles. The van der Waals surface area contributed by atoms with Gasteiger partial charge >= 0.3 is 6.18 Å². The number of aromatic nitrogens is 2. The van der Waals surface area contributed by atoms with Crippen LogP contribution in [0.1, 0.15) is 27.7 Å². The summed E-state index contributed by atoms with van der Waals surface area (Å²) < 4.78 is 43.7. The van der Waals surface area contributed by atoms with Crippen molar-refractivity contribution in [1.29, 1.82) is 0 Å². The van der Waals surface area contributed by atoms with Crippen molar-refractivity contribution in [2.45, 2.75) is 12.2 Å². The van der Waals surface area contributed by atoms with Gasteiger partial charge in [0.25, 0.3) is 5.91 Å². The molecule has 0 aliphatic carbocycles. The number of nitrogens with one attached hydrogen (secondary N) is 2. The summed E-state index contributed by atoms with van der Waals surface area (Å²) in [6.45, 7) is 2.65. The van der Waals surface area contributed by atoms with Crippen LogP contribution in [0.5, 0.6) is 0 Å². The summed E-state index contributed by atoms with van der Waals surface area (Å²) in [5, 5.41) is 9.13. The minimum absolute atomic E-state index is 0.243. The van der Waals surface area contributed by atoms with Crippen molar-refractivity contribution in [3.05, 3.63) is 53.3 Å². The molecule has 1 atom stereocenters. The Kier molecular flexibility index (Phi) is 5.58. The van der Waals surface area contributed by atoms with Crippen molar-refractivity contribution in [3.63, 3.8) is 0 Å². The molecule has 0 bridgehead atoms. The molecule has 0 radical (unpaired) electrons. The third-order valence-electron chi connectivity index (χ3n) is 4.31. The second kappa shape index (κ2) is 7.88. The lowest BCUT2D eigenvalue weighted by atomic mass is 10.0. The van der Waals surface area contributed by atoms with Crippen LogP contribution in [-0.2, 0) is 10.9 Å². The van der Waals surface area contributed by atoms with Gasteiger partial charge in [-0.05, 0) is 23.8 Å². The normalized spacial score (nSPS) is 17.0. The van der Waals surface area contributed by atoms with Crippen molar-refractivity contribution in [2.24, 2.45) is 0 Å². The Morgan fingerprint density at radius 3 is 2.50 bits per heavy atom. The number of H-pyrrole nitrogens is 1. The second-order valence-electron chi connectivity index (χ2n) is 5.96. The number of alkyl halides is 3. The number of carbonyl (C=O) groups is 1. The van der Waals surface area contributed by atoms with Crippen LogP contribution in [-0.4, -0.2) is 53.9 Å². The van der Waals surface area contributed by atoms with E-state index < -0.39 is 11.7 Å². The molecule has 1 amide bonds. The summed E-state index contributed by atoms with van der Waals surface area (Å²) in [6.07, 6.45) is -2.90. The van der Waals surface area contributed by atoms with E-state index in [2.05, 4.69) is 20.4 Å². The van der Waals surface area contributed by atoms with Gasteiger partial charge in [0.05, 0.1) is 24.8 Å². The lowest BCUT2D eigenvalue weighted by Crippen LogP contribution is -2.43. The first-order valence-corrected chi connectivity index (χ1v) is 8.21. The van der Waals surface area contributed by atoms with E-state index in [0.717, 1.165) is 12.1 Å². The first-order chi connectivity index (χ1) is 12.4. The lowest BCUT2D eigenvalue weighted by Gasteiger charge is -2.35. The van der Waals surface area contributed by atoms with Crippen molar-refractivity contribution in [2.75, 3.05) is 32.8 Å². The summed E-state index contributed by atoms with van der Waals surface area (Å²) in [5.74, 6) is -0.312. The van der Waals surface area contributed by atoms with E-state index in [9.17, 15) is 18.0 Å². The smallest absolute Gasteiger partial charge is 0.379 e. The summed E-state index contributed by atoms with van der Waals surface area (Å²) in [6, 6.07) is 6.38. The number of aromatic amines is 1. The number of carbonyl (C=O) groups excluding carboxylic acids is 1. The molecule has 3 rings (SSSR count). The van der Waals surface area contributed by atoms with Crippen molar-refractivity contribution < 1.29 is 22.7 Å². The summed E-state index contributed by atoms with van der Waals surface area (Å²) in [7, 11) is 0. The van der Waals surface area contributed by atoms with Gasteiger partial charge in [-0.1, -0.05) is 12.1 Å². The Hall–Kier alpha value is -2.39. The average Bonchev–Trinajstić information content (AvgIpc) is 3.17. The van der Waals surface area contributed by atoms with E-state index in [0.29, 0.717) is 37.6 Å². The predicted molar refractivity (Wildman–Crippen MR) is 87.5 cm³/mol. The molecule has 2 N–H and O–H groups in total. The molecule has 26 heavy (non-hydrogen) atoms. The van der Waals surface area contributed by atoms with Crippen molar-refractivity contribution in [3.8, 4) is 0 Å². The highest BCUT2D eigenvalue weighted by molar-refractivity contribution is 5.92. The zero-order chi connectivity index (χ0) is 18.6. The Balaban J connectivity index is 1.75. The number of hydrogen-bond donors (Lipinski definition) is 2. The van der Waals surface area contributed by atoms with Gasteiger partial charge in [-0.15, -0.1) is 0 Å². The lowest BCUT2D eigenvalue weighted by molar-refractivity contribution is -0.137.